The van der Waals surface area contributed by atoms with E-state index in [-0.39, 0.29) is 5.78 Å². The summed E-state index contributed by atoms with van der Waals surface area (Å²) in [5.41, 5.74) is 3.29. The highest BCUT2D eigenvalue weighted by atomic mass is 16.1. The highest BCUT2D eigenvalue weighted by Crippen LogP contribution is 2.23. The summed E-state index contributed by atoms with van der Waals surface area (Å²) < 4.78 is 1.85. The SMILES string of the molecule is Cn1nc(CC(=O)C=C2CCCCC2)c2ccccc21. The van der Waals surface area contributed by atoms with E-state index >= 15 is 0 Å². The molecule has 1 fully saturated rings. The molecule has 3 rings (SSSR count). The molecule has 2 aromatic rings. The molecule has 0 saturated heterocycles. The fourth-order valence-corrected chi connectivity index (χ4v) is 3.01. The molecule has 0 radical (unpaired) electrons. The van der Waals surface area contributed by atoms with Gasteiger partial charge in [-0.15, -0.1) is 0 Å². The molecule has 3 heteroatoms. The van der Waals surface area contributed by atoms with Crippen LogP contribution >= 0.6 is 0 Å². The van der Waals surface area contributed by atoms with Gasteiger partial charge in [0.1, 0.15) is 0 Å². The van der Waals surface area contributed by atoms with E-state index in [4.69, 9.17) is 0 Å². The van der Waals surface area contributed by atoms with Crippen LogP contribution in [-0.2, 0) is 18.3 Å². The molecule has 0 spiro atoms. The zero-order chi connectivity index (χ0) is 13.9. The van der Waals surface area contributed by atoms with Gasteiger partial charge < -0.3 is 0 Å². The van der Waals surface area contributed by atoms with E-state index in [1.807, 2.05) is 42.1 Å². The van der Waals surface area contributed by atoms with Gasteiger partial charge in [0.05, 0.1) is 17.6 Å². The van der Waals surface area contributed by atoms with Crippen molar-refractivity contribution in [1.29, 1.82) is 0 Å². The summed E-state index contributed by atoms with van der Waals surface area (Å²) in [6.07, 6.45) is 8.21. The summed E-state index contributed by atoms with van der Waals surface area (Å²) in [5, 5.41) is 5.58. The summed E-state index contributed by atoms with van der Waals surface area (Å²) >= 11 is 0. The number of ketones is 1. The lowest BCUT2D eigenvalue weighted by atomic mass is 9.93. The van der Waals surface area contributed by atoms with Crippen LogP contribution in [-0.4, -0.2) is 15.6 Å². The summed E-state index contributed by atoms with van der Waals surface area (Å²) in [4.78, 5) is 12.2. The Morgan fingerprint density at radius 3 is 2.80 bits per heavy atom. The number of allylic oxidation sites excluding steroid dienone is 2. The predicted octanol–water partition coefficient (Wildman–Crippen LogP) is 3.58. The van der Waals surface area contributed by atoms with Crippen LogP contribution in [0.3, 0.4) is 0 Å². The summed E-state index contributed by atoms with van der Waals surface area (Å²) in [6, 6.07) is 8.08. The number of aryl methyl sites for hydroxylation is 1. The lowest BCUT2D eigenvalue weighted by molar-refractivity contribution is -0.114. The molecule has 1 saturated carbocycles. The molecule has 1 heterocycles. The monoisotopic (exact) mass is 268 g/mol. The normalized spacial score (nSPS) is 15.6. The highest BCUT2D eigenvalue weighted by Gasteiger charge is 2.12. The number of benzene rings is 1. The van der Waals surface area contributed by atoms with Crippen LogP contribution in [0.25, 0.3) is 10.9 Å². The topological polar surface area (TPSA) is 34.9 Å². The van der Waals surface area contributed by atoms with Crippen molar-refractivity contribution >= 4 is 16.7 Å². The Kier molecular flexibility index (Phi) is 3.68. The van der Waals surface area contributed by atoms with Gasteiger partial charge in [0.15, 0.2) is 5.78 Å². The third kappa shape index (κ3) is 2.67. The largest absolute Gasteiger partial charge is 0.294 e. The van der Waals surface area contributed by atoms with Gasteiger partial charge in [0.2, 0.25) is 0 Å². The molecule has 1 aliphatic rings. The predicted molar refractivity (Wildman–Crippen MR) is 80.6 cm³/mol. The number of carbonyl (C=O) groups excluding carboxylic acids is 1. The second-order valence-electron chi connectivity index (χ2n) is 5.59. The van der Waals surface area contributed by atoms with E-state index in [0.29, 0.717) is 6.42 Å². The fourth-order valence-electron chi connectivity index (χ4n) is 3.01. The Bertz CT molecular complexity index is 659. The molecule has 0 unspecified atom stereocenters. The van der Waals surface area contributed by atoms with E-state index in [2.05, 4.69) is 5.10 Å². The van der Waals surface area contributed by atoms with Crippen molar-refractivity contribution in [2.75, 3.05) is 0 Å². The molecule has 1 aliphatic carbocycles. The highest BCUT2D eigenvalue weighted by molar-refractivity contribution is 5.95. The van der Waals surface area contributed by atoms with Gasteiger partial charge in [-0.25, -0.2) is 0 Å². The van der Waals surface area contributed by atoms with Gasteiger partial charge in [0, 0.05) is 12.4 Å². The molecular weight excluding hydrogens is 248 g/mol. The zero-order valence-electron chi connectivity index (χ0n) is 11.9. The van der Waals surface area contributed by atoms with Crippen LogP contribution in [0.2, 0.25) is 0 Å². The van der Waals surface area contributed by atoms with Crippen molar-refractivity contribution in [2.24, 2.45) is 7.05 Å². The van der Waals surface area contributed by atoms with Crippen molar-refractivity contribution in [3.05, 3.63) is 41.6 Å². The lowest BCUT2D eigenvalue weighted by Gasteiger charge is -2.12. The van der Waals surface area contributed by atoms with Crippen LogP contribution in [0.15, 0.2) is 35.9 Å². The number of fused-ring (bicyclic) bond motifs is 1. The van der Waals surface area contributed by atoms with E-state index in [1.165, 1.54) is 24.8 Å². The molecule has 20 heavy (non-hydrogen) atoms. The van der Waals surface area contributed by atoms with Crippen LogP contribution < -0.4 is 0 Å². The number of rotatable bonds is 3. The molecule has 104 valence electrons. The first-order valence-electron chi connectivity index (χ1n) is 7.37. The Balaban J connectivity index is 1.81. The van der Waals surface area contributed by atoms with Crippen molar-refractivity contribution in [3.8, 4) is 0 Å². The van der Waals surface area contributed by atoms with E-state index in [1.54, 1.807) is 0 Å². The van der Waals surface area contributed by atoms with Crippen LogP contribution in [0, 0.1) is 0 Å². The van der Waals surface area contributed by atoms with Crippen LogP contribution in [0.4, 0.5) is 0 Å². The van der Waals surface area contributed by atoms with Crippen molar-refractivity contribution in [2.45, 2.75) is 38.5 Å². The Morgan fingerprint density at radius 2 is 2.00 bits per heavy atom. The standard InChI is InChI=1S/C17H20N2O/c1-19-17-10-6-5-9-15(17)16(18-19)12-14(20)11-13-7-3-2-4-8-13/h5-6,9-11H,2-4,7-8,12H2,1H3. The third-order valence-electron chi connectivity index (χ3n) is 4.04. The van der Waals surface area contributed by atoms with Crippen molar-refractivity contribution in [1.82, 2.24) is 9.78 Å². The number of hydrogen-bond donors (Lipinski definition) is 0. The Labute approximate surface area is 119 Å². The maximum Gasteiger partial charge on any atom is 0.161 e. The second-order valence-corrected chi connectivity index (χ2v) is 5.59. The maximum atomic E-state index is 12.2. The quantitative estimate of drug-likeness (QED) is 0.798. The van der Waals surface area contributed by atoms with Gasteiger partial charge >= 0.3 is 0 Å². The summed E-state index contributed by atoms with van der Waals surface area (Å²) in [5.74, 6) is 0.186. The number of carbonyl (C=O) groups is 1. The van der Waals surface area contributed by atoms with E-state index in [9.17, 15) is 4.79 Å². The average molecular weight is 268 g/mol. The number of para-hydroxylation sites is 1. The van der Waals surface area contributed by atoms with Gasteiger partial charge in [-0.3, -0.25) is 9.48 Å². The zero-order valence-corrected chi connectivity index (χ0v) is 11.9. The minimum absolute atomic E-state index is 0.186. The van der Waals surface area contributed by atoms with Crippen LogP contribution in [0.5, 0.6) is 0 Å². The molecular formula is C17H20N2O. The molecule has 0 N–H and O–H groups in total. The number of hydrogen-bond acceptors (Lipinski definition) is 2. The van der Waals surface area contributed by atoms with Gasteiger partial charge in [-0.2, -0.15) is 5.10 Å². The van der Waals surface area contributed by atoms with Crippen LogP contribution in [0.1, 0.15) is 37.8 Å². The molecule has 3 nitrogen and oxygen atoms in total. The molecule has 0 atom stereocenters. The minimum atomic E-state index is 0.186. The average Bonchev–Trinajstić information content (AvgIpc) is 2.77. The van der Waals surface area contributed by atoms with E-state index < -0.39 is 0 Å². The first-order valence-corrected chi connectivity index (χ1v) is 7.37. The first-order chi connectivity index (χ1) is 9.74. The summed E-state index contributed by atoms with van der Waals surface area (Å²) in [6.45, 7) is 0. The van der Waals surface area contributed by atoms with Crippen molar-refractivity contribution < 1.29 is 4.79 Å². The minimum Gasteiger partial charge on any atom is -0.294 e. The Hall–Kier alpha value is -1.90. The van der Waals surface area contributed by atoms with Crippen molar-refractivity contribution in [3.63, 3.8) is 0 Å². The summed E-state index contributed by atoms with van der Waals surface area (Å²) in [7, 11) is 1.93. The first kappa shape index (κ1) is 13.1. The molecule has 0 aliphatic heterocycles. The van der Waals surface area contributed by atoms with Gasteiger partial charge in [-0.1, -0.05) is 30.2 Å². The fraction of sp³-hybridized carbons (Fsp3) is 0.412. The second kappa shape index (κ2) is 5.61. The lowest BCUT2D eigenvalue weighted by Crippen LogP contribution is -2.04. The van der Waals surface area contributed by atoms with Gasteiger partial charge in [-0.05, 0) is 37.8 Å². The molecule has 1 aromatic heterocycles. The molecule has 1 aromatic carbocycles. The van der Waals surface area contributed by atoms with E-state index in [0.717, 1.165) is 29.4 Å². The number of aromatic nitrogens is 2. The number of nitrogens with zero attached hydrogens (tertiary/aromatic N) is 2. The molecule has 0 amide bonds. The molecule has 0 bridgehead atoms. The Morgan fingerprint density at radius 1 is 1.25 bits per heavy atom. The third-order valence-corrected chi connectivity index (χ3v) is 4.04. The smallest absolute Gasteiger partial charge is 0.161 e. The maximum absolute atomic E-state index is 12.2. The van der Waals surface area contributed by atoms with Gasteiger partial charge in [0.25, 0.3) is 0 Å².